The first-order valence-electron chi connectivity index (χ1n) is 11.1. The highest BCUT2D eigenvalue weighted by Gasteiger charge is 2.27. The molecule has 0 saturated carbocycles. The van der Waals surface area contributed by atoms with E-state index in [2.05, 4.69) is 14.6 Å². The van der Waals surface area contributed by atoms with Crippen LogP contribution in [0, 0.1) is 12.8 Å². The van der Waals surface area contributed by atoms with Crippen LogP contribution in [-0.4, -0.2) is 62.1 Å². The number of rotatable bonds is 7. The van der Waals surface area contributed by atoms with Crippen molar-refractivity contribution in [3.63, 3.8) is 0 Å². The Kier molecular flexibility index (Phi) is 6.66. The number of nitrogens with one attached hydrogen (secondary N) is 1. The van der Waals surface area contributed by atoms with Crippen LogP contribution in [0.3, 0.4) is 0 Å². The molecule has 2 N–H and O–H groups in total. The maximum atomic E-state index is 12.7. The zero-order chi connectivity index (χ0) is 22.7. The second-order valence-corrected chi connectivity index (χ2v) is 10.5. The fourth-order valence-corrected chi connectivity index (χ4v) is 5.79. The van der Waals surface area contributed by atoms with E-state index in [1.807, 2.05) is 17.9 Å². The largest absolute Gasteiger partial charge is 0.478 e. The van der Waals surface area contributed by atoms with E-state index in [1.54, 1.807) is 12.1 Å². The van der Waals surface area contributed by atoms with Crippen molar-refractivity contribution >= 4 is 27.5 Å². The van der Waals surface area contributed by atoms with Crippen molar-refractivity contribution in [3.05, 3.63) is 47.7 Å². The van der Waals surface area contributed by atoms with Crippen molar-refractivity contribution < 1.29 is 18.3 Å². The molecule has 1 atom stereocenters. The molecule has 0 amide bonds. The Morgan fingerprint density at radius 2 is 1.97 bits per heavy atom. The molecule has 0 bridgehead atoms. The number of hydrogen-bond acceptors (Lipinski definition) is 6. The molecule has 2 saturated heterocycles. The van der Waals surface area contributed by atoms with Crippen molar-refractivity contribution in [2.24, 2.45) is 5.92 Å². The number of sulfonamides is 1. The lowest BCUT2D eigenvalue weighted by Crippen LogP contribution is -2.41. The molecular formula is C23H30N4O4S. The summed E-state index contributed by atoms with van der Waals surface area (Å²) in [6.07, 6.45) is 6.02. The molecule has 0 radical (unpaired) electrons. The fourth-order valence-electron chi connectivity index (χ4n) is 4.66. The van der Waals surface area contributed by atoms with Crippen LogP contribution < -0.4 is 9.62 Å². The predicted molar refractivity (Wildman–Crippen MR) is 124 cm³/mol. The number of anilines is 2. The SMILES string of the molecule is Cc1cccc(S(=O)(=O)Nc2cnc(N3CCC[C@H](CN4CCCC4)C3)c(C(=O)O)c2)c1. The van der Waals surface area contributed by atoms with Gasteiger partial charge in [-0.15, -0.1) is 0 Å². The van der Waals surface area contributed by atoms with E-state index in [9.17, 15) is 18.3 Å². The summed E-state index contributed by atoms with van der Waals surface area (Å²) < 4.78 is 27.9. The van der Waals surface area contributed by atoms with Crippen molar-refractivity contribution in [1.82, 2.24) is 9.88 Å². The van der Waals surface area contributed by atoms with Crippen LogP contribution in [0.2, 0.25) is 0 Å². The van der Waals surface area contributed by atoms with Gasteiger partial charge in [0.15, 0.2) is 0 Å². The molecule has 2 aromatic rings. The third kappa shape index (κ3) is 5.21. The number of likely N-dealkylation sites (tertiary alicyclic amines) is 1. The number of pyridine rings is 1. The average molecular weight is 459 g/mol. The Hall–Kier alpha value is -2.65. The van der Waals surface area contributed by atoms with Crippen LogP contribution in [0.4, 0.5) is 11.5 Å². The number of aromatic carboxylic acids is 1. The third-order valence-corrected chi connectivity index (χ3v) is 7.56. The molecule has 32 heavy (non-hydrogen) atoms. The number of carboxylic acid groups (broad SMARTS) is 1. The second kappa shape index (κ2) is 9.46. The molecule has 4 rings (SSSR count). The van der Waals surface area contributed by atoms with Gasteiger partial charge in [-0.25, -0.2) is 18.2 Å². The smallest absolute Gasteiger partial charge is 0.339 e. The van der Waals surface area contributed by atoms with E-state index in [-0.39, 0.29) is 16.1 Å². The molecule has 0 aliphatic carbocycles. The Morgan fingerprint density at radius 3 is 2.69 bits per heavy atom. The number of carbonyl (C=O) groups is 1. The predicted octanol–water partition coefficient (Wildman–Crippen LogP) is 3.20. The Balaban J connectivity index is 1.53. The van der Waals surface area contributed by atoms with Crippen LogP contribution in [0.15, 0.2) is 41.4 Å². The van der Waals surface area contributed by atoms with Gasteiger partial charge in [0.25, 0.3) is 10.0 Å². The first kappa shape index (κ1) is 22.5. The lowest BCUT2D eigenvalue weighted by Gasteiger charge is -2.36. The summed E-state index contributed by atoms with van der Waals surface area (Å²) in [5.74, 6) is -0.238. The number of nitrogens with zero attached hydrogens (tertiary/aromatic N) is 3. The first-order chi connectivity index (χ1) is 15.3. The lowest BCUT2D eigenvalue weighted by atomic mass is 9.97. The highest BCUT2D eigenvalue weighted by atomic mass is 32.2. The minimum atomic E-state index is -3.84. The van der Waals surface area contributed by atoms with Crippen LogP contribution in [0.25, 0.3) is 0 Å². The summed E-state index contributed by atoms with van der Waals surface area (Å²) in [7, 11) is -3.84. The van der Waals surface area contributed by atoms with E-state index < -0.39 is 16.0 Å². The molecule has 8 nitrogen and oxygen atoms in total. The van der Waals surface area contributed by atoms with Gasteiger partial charge in [-0.05, 0) is 75.4 Å². The van der Waals surface area contributed by atoms with Gasteiger partial charge in [-0.3, -0.25) is 4.72 Å². The Labute approximate surface area is 189 Å². The minimum Gasteiger partial charge on any atom is -0.478 e. The van der Waals surface area contributed by atoms with Crippen LogP contribution in [-0.2, 0) is 10.0 Å². The van der Waals surface area contributed by atoms with E-state index in [0.29, 0.717) is 11.7 Å². The van der Waals surface area contributed by atoms with Gasteiger partial charge in [-0.2, -0.15) is 0 Å². The van der Waals surface area contributed by atoms with Gasteiger partial charge in [-0.1, -0.05) is 12.1 Å². The number of piperidine rings is 1. The standard InChI is InChI=1S/C23H30N4O4S/c1-17-6-4-8-20(12-17)32(30,31)25-19-13-21(23(28)29)22(24-14-19)27-11-5-7-18(16-27)15-26-9-2-3-10-26/h4,6,8,12-14,18,25H,2-3,5,7,9-11,15-16H2,1H3,(H,28,29)/t18-/m1/s1. The van der Waals surface area contributed by atoms with Crippen molar-refractivity contribution in [3.8, 4) is 0 Å². The molecular weight excluding hydrogens is 428 g/mol. The zero-order valence-electron chi connectivity index (χ0n) is 18.3. The van der Waals surface area contributed by atoms with Gasteiger partial charge < -0.3 is 14.9 Å². The summed E-state index contributed by atoms with van der Waals surface area (Å²) in [5.41, 5.74) is 0.968. The van der Waals surface area contributed by atoms with Crippen molar-refractivity contribution in [2.75, 3.05) is 42.3 Å². The first-order valence-corrected chi connectivity index (χ1v) is 12.6. The van der Waals surface area contributed by atoms with E-state index in [1.165, 1.54) is 31.2 Å². The lowest BCUT2D eigenvalue weighted by molar-refractivity contribution is 0.0697. The summed E-state index contributed by atoms with van der Waals surface area (Å²) in [6, 6.07) is 7.92. The van der Waals surface area contributed by atoms with E-state index in [4.69, 9.17) is 0 Å². The van der Waals surface area contributed by atoms with E-state index >= 15 is 0 Å². The molecule has 1 aromatic heterocycles. The highest BCUT2D eigenvalue weighted by Crippen LogP contribution is 2.28. The van der Waals surface area contributed by atoms with Crippen molar-refractivity contribution in [1.29, 1.82) is 0 Å². The fraction of sp³-hybridized carbons (Fsp3) is 0.478. The second-order valence-electron chi connectivity index (χ2n) is 8.78. The molecule has 172 valence electrons. The Bertz CT molecular complexity index is 1080. The number of aromatic nitrogens is 1. The number of benzene rings is 1. The van der Waals surface area contributed by atoms with Gasteiger partial charge in [0.1, 0.15) is 11.4 Å². The third-order valence-electron chi connectivity index (χ3n) is 6.18. The van der Waals surface area contributed by atoms with Crippen molar-refractivity contribution in [2.45, 2.75) is 37.5 Å². The highest BCUT2D eigenvalue weighted by molar-refractivity contribution is 7.92. The maximum Gasteiger partial charge on any atom is 0.339 e. The number of carboxylic acids is 1. The van der Waals surface area contributed by atoms with Gasteiger partial charge in [0.2, 0.25) is 0 Å². The van der Waals surface area contributed by atoms with Crippen LogP contribution in [0.5, 0.6) is 0 Å². The maximum absolute atomic E-state index is 12.7. The number of hydrogen-bond donors (Lipinski definition) is 2. The minimum absolute atomic E-state index is 0.0104. The Morgan fingerprint density at radius 1 is 1.19 bits per heavy atom. The molecule has 1 aromatic carbocycles. The molecule has 2 aliphatic heterocycles. The van der Waals surface area contributed by atoms with E-state index in [0.717, 1.165) is 51.1 Å². The normalized spacial score (nSPS) is 19.8. The summed E-state index contributed by atoms with van der Waals surface area (Å²) in [4.78, 5) is 21.0. The summed E-state index contributed by atoms with van der Waals surface area (Å²) in [5, 5.41) is 9.82. The molecule has 0 unspecified atom stereocenters. The topological polar surface area (TPSA) is 103 Å². The molecule has 9 heteroatoms. The van der Waals surface area contributed by atoms with Gasteiger partial charge in [0.05, 0.1) is 16.8 Å². The molecule has 2 aliphatic rings. The monoisotopic (exact) mass is 458 g/mol. The van der Waals surface area contributed by atoms with Gasteiger partial charge in [0, 0.05) is 19.6 Å². The molecule has 0 spiro atoms. The summed E-state index contributed by atoms with van der Waals surface area (Å²) >= 11 is 0. The average Bonchev–Trinajstić information content (AvgIpc) is 3.26. The zero-order valence-corrected chi connectivity index (χ0v) is 19.1. The van der Waals surface area contributed by atoms with Crippen LogP contribution >= 0.6 is 0 Å². The molecule has 2 fully saturated rings. The van der Waals surface area contributed by atoms with Crippen LogP contribution in [0.1, 0.15) is 41.6 Å². The molecule has 3 heterocycles. The van der Waals surface area contributed by atoms with Gasteiger partial charge >= 0.3 is 5.97 Å². The number of aryl methyl sites for hydroxylation is 1. The summed E-state index contributed by atoms with van der Waals surface area (Å²) in [6.45, 7) is 6.65. The quantitative estimate of drug-likeness (QED) is 0.657.